The highest BCUT2D eigenvalue weighted by atomic mass is 127. The van der Waals surface area contributed by atoms with E-state index in [9.17, 15) is 5.11 Å². The highest BCUT2D eigenvalue weighted by Gasteiger charge is 2.10. The van der Waals surface area contributed by atoms with Crippen LogP contribution in [0.25, 0.3) is 0 Å². The number of aliphatic hydroxyl groups excluding tert-OH is 1. The van der Waals surface area contributed by atoms with Crippen LogP contribution in [-0.2, 0) is 6.42 Å². The van der Waals surface area contributed by atoms with E-state index in [1.807, 2.05) is 18.2 Å². The van der Waals surface area contributed by atoms with Crippen molar-refractivity contribution in [1.29, 1.82) is 0 Å². The molecule has 0 saturated heterocycles. The third-order valence-corrected chi connectivity index (χ3v) is 3.91. The summed E-state index contributed by atoms with van der Waals surface area (Å²) >= 11 is 8.16. The SMILES string of the molecule is OC(Cc1ccoc1)c1ccc(I)c(Cl)c1. The molecule has 0 aliphatic heterocycles. The van der Waals surface area contributed by atoms with E-state index >= 15 is 0 Å². The Morgan fingerprint density at radius 3 is 2.81 bits per heavy atom. The summed E-state index contributed by atoms with van der Waals surface area (Å²) in [5.74, 6) is 0. The first-order valence-corrected chi connectivity index (χ1v) is 6.26. The molecule has 2 rings (SSSR count). The fraction of sp³-hybridized carbons (Fsp3) is 0.167. The molecule has 1 unspecified atom stereocenters. The molecule has 16 heavy (non-hydrogen) atoms. The predicted octanol–water partition coefficient (Wildman–Crippen LogP) is 3.81. The van der Waals surface area contributed by atoms with Gasteiger partial charge in [0.1, 0.15) is 0 Å². The summed E-state index contributed by atoms with van der Waals surface area (Å²) in [5, 5.41) is 10.7. The van der Waals surface area contributed by atoms with Gasteiger partial charge in [-0.05, 0) is 51.9 Å². The van der Waals surface area contributed by atoms with Gasteiger partial charge in [-0.15, -0.1) is 0 Å². The van der Waals surface area contributed by atoms with Crippen LogP contribution in [0.4, 0.5) is 0 Å². The van der Waals surface area contributed by atoms with E-state index in [1.54, 1.807) is 18.6 Å². The molecule has 2 nitrogen and oxygen atoms in total. The largest absolute Gasteiger partial charge is 0.472 e. The van der Waals surface area contributed by atoms with Crippen molar-refractivity contribution in [3.63, 3.8) is 0 Å². The van der Waals surface area contributed by atoms with Gasteiger partial charge in [-0.2, -0.15) is 0 Å². The zero-order valence-electron chi connectivity index (χ0n) is 8.36. The summed E-state index contributed by atoms with van der Waals surface area (Å²) in [6.45, 7) is 0. The second-order valence-electron chi connectivity index (χ2n) is 3.53. The molecular weight excluding hydrogens is 338 g/mol. The van der Waals surface area contributed by atoms with Crippen molar-refractivity contribution < 1.29 is 9.52 Å². The summed E-state index contributed by atoms with van der Waals surface area (Å²) in [6.07, 6.45) is 3.22. The standard InChI is InChI=1S/C12H10ClIO2/c13-10-6-9(1-2-11(10)14)12(15)5-8-3-4-16-7-8/h1-4,6-7,12,15H,5H2. The first-order valence-electron chi connectivity index (χ1n) is 4.81. The van der Waals surface area contributed by atoms with Crippen LogP contribution < -0.4 is 0 Å². The number of furan rings is 1. The lowest BCUT2D eigenvalue weighted by Gasteiger charge is -2.10. The Morgan fingerprint density at radius 1 is 1.38 bits per heavy atom. The molecule has 1 aromatic carbocycles. The molecule has 0 radical (unpaired) electrons. The molecule has 0 fully saturated rings. The van der Waals surface area contributed by atoms with E-state index in [1.165, 1.54) is 0 Å². The summed E-state index contributed by atoms with van der Waals surface area (Å²) < 4.78 is 5.94. The van der Waals surface area contributed by atoms with Crippen LogP contribution >= 0.6 is 34.2 Å². The van der Waals surface area contributed by atoms with Crippen LogP contribution in [0.15, 0.2) is 41.2 Å². The smallest absolute Gasteiger partial charge is 0.0935 e. The number of hydrogen-bond acceptors (Lipinski definition) is 2. The predicted molar refractivity (Wildman–Crippen MR) is 71.5 cm³/mol. The first-order chi connectivity index (χ1) is 7.66. The maximum absolute atomic E-state index is 10.0. The highest BCUT2D eigenvalue weighted by Crippen LogP contribution is 2.25. The van der Waals surface area contributed by atoms with Gasteiger partial charge in [-0.1, -0.05) is 17.7 Å². The third kappa shape index (κ3) is 2.78. The highest BCUT2D eigenvalue weighted by molar-refractivity contribution is 14.1. The van der Waals surface area contributed by atoms with Crippen molar-refractivity contribution in [1.82, 2.24) is 0 Å². The van der Waals surface area contributed by atoms with Gasteiger partial charge < -0.3 is 9.52 Å². The maximum atomic E-state index is 10.0. The number of rotatable bonds is 3. The quantitative estimate of drug-likeness (QED) is 0.856. The van der Waals surface area contributed by atoms with E-state index in [0.29, 0.717) is 11.4 Å². The van der Waals surface area contributed by atoms with Crippen molar-refractivity contribution in [3.8, 4) is 0 Å². The Labute approximate surface area is 112 Å². The van der Waals surface area contributed by atoms with Crippen LogP contribution in [0, 0.1) is 3.57 Å². The van der Waals surface area contributed by atoms with E-state index < -0.39 is 6.10 Å². The Balaban J connectivity index is 2.14. The summed E-state index contributed by atoms with van der Waals surface area (Å²) in [7, 11) is 0. The molecule has 1 aromatic heterocycles. The van der Waals surface area contributed by atoms with Gasteiger partial charge in [0.25, 0.3) is 0 Å². The monoisotopic (exact) mass is 348 g/mol. The van der Waals surface area contributed by atoms with Crippen LogP contribution in [0.3, 0.4) is 0 Å². The van der Waals surface area contributed by atoms with Crippen LogP contribution in [0.1, 0.15) is 17.2 Å². The van der Waals surface area contributed by atoms with Gasteiger partial charge in [0.15, 0.2) is 0 Å². The van der Waals surface area contributed by atoms with Crippen LogP contribution in [-0.4, -0.2) is 5.11 Å². The fourth-order valence-corrected chi connectivity index (χ4v) is 1.99. The second-order valence-corrected chi connectivity index (χ2v) is 5.09. The molecule has 0 amide bonds. The van der Waals surface area contributed by atoms with E-state index in [0.717, 1.165) is 14.7 Å². The lowest BCUT2D eigenvalue weighted by atomic mass is 10.0. The van der Waals surface area contributed by atoms with Gasteiger partial charge in [0.05, 0.1) is 23.7 Å². The minimum Gasteiger partial charge on any atom is -0.472 e. The van der Waals surface area contributed by atoms with Crippen LogP contribution in [0.5, 0.6) is 0 Å². The fourth-order valence-electron chi connectivity index (χ4n) is 1.47. The van der Waals surface area contributed by atoms with Gasteiger partial charge in [-0.25, -0.2) is 0 Å². The first kappa shape index (κ1) is 12.0. The van der Waals surface area contributed by atoms with Gasteiger partial charge >= 0.3 is 0 Å². The molecule has 1 atom stereocenters. The number of aliphatic hydroxyl groups is 1. The minimum absolute atomic E-state index is 0.535. The zero-order chi connectivity index (χ0) is 11.5. The molecule has 0 bridgehead atoms. The number of halogens is 2. The zero-order valence-corrected chi connectivity index (χ0v) is 11.3. The molecule has 0 aliphatic rings. The molecular formula is C12H10ClIO2. The Kier molecular flexibility index (Phi) is 3.89. The summed E-state index contributed by atoms with van der Waals surface area (Å²) in [5.41, 5.74) is 1.80. The molecule has 2 aromatic rings. The van der Waals surface area contributed by atoms with Gasteiger partial charge in [-0.3, -0.25) is 0 Å². The molecule has 0 aliphatic carbocycles. The molecule has 1 heterocycles. The number of hydrogen-bond donors (Lipinski definition) is 1. The summed E-state index contributed by atoms with van der Waals surface area (Å²) in [6, 6.07) is 7.43. The second kappa shape index (κ2) is 5.21. The van der Waals surface area contributed by atoms with E-state index in [2.05, 4.69) is 22.6 Å². The average Bonchev–Trinajstić information content (AvgIpc) is 2.74. The van der Waals surface area contributed by atoms with Crippen LogP contribution in [0.2, 0.25) is 5.02 Å². The number of benzene rings is 1. The Bertz CT molecular complexity index is 468. The summed E-state index contributed by atoms with van der Waals surface area (Å²) in [4.78, 5) is 0. The molecule has 84 valence electrons. The topological polar surface area (TPSA) is 33.4 Å². The van der Waals surface area contributed by atoms with Crippen molar-refractivity contribution >= 4 is 34.2 Å². The van der Waals surface area contributed by atoms with E-state index in [4.69, 9.17) is 16.0 Å². The maximum Gasteiger partial charge on any atom is 0.0935 e. The molecule has 4 heteroatoms. The van der Waals surface area contributed by atoms with Crippen molar-refractivity contribution in [3.05, 3.63) is 56.5 Å². The normalized spacial score (nSPS) is 12.7. The molecule has 1 N–H and O–H groups in total. The van der Waals surface area contributed by atoms with Gasteiger partial charge in [0, 0.05) is 9.99 Å². The molecule has 0 saturated carbocycles. The third-order valence-electron chi connectivity index (χ3n) is 2.34. The van der Waals surface area contributed by atoms with Crippen molar-refractivity contribution in [2.45, 2.75) is 12.5 Å². The lowest BCUT2D eigenvalue weighted by molar-refractivity contribution is 0.178. The Morgan fingerprint density at radius 2 is 2.19 bits per heavy atom. The van der Waals surface area contributed by atoms with Gasteiger partial charge in [0.2, 0.25) is 0 Å². The van der Waals surface area contributed by atoms with Crippen molar-refractivity contribution in [2.24, 2.45) is 0 Å². The minimum atomic E-state index is -0.549. The van der Waals surface area contributed by atoms with Crippen molar-refractivity contribution in [2.75, 3.05) is 0 Å². The molecule has 0 spiro atoms. The van der Waals surface area contributed by atoms with E-state index in [-0.39, 0.29) is 0 Å². The Hall–Kier alpha value is -0.520. The lowest BCUT2D eigenvalue weighted by Crippen LogP contribution is -2.01. The average molecular weight is 349 g/mol.